The van der Waals surface area contributed by atoms with Crippen molar-refractivity contribution in [3.63, 3.8) is 0 Å². The zero-order chi connectivity index (χ0) is 25.1. The van der Waals surface area contributed by atoms with Gasteiger partial charge >= 0.3 is 0 Å². The van der Waals surface area contributed by atoms with Crippen LogP contribution in [0.25, 0.3) is 10.9 Å². The van der Waals surface area contributed by atoms with Crippen LogP contribution in [0.2, 0.25) is 0 Å². The number of carbonyl (C=O) groups is 2. The van der Waals surface area contributed by atoms with Gasteiger partial charge in [-0.2, -0.15) is 0 Å². The molecule has 36 heavy (non-hydrogen) atoms. The minimum Gasteiger partial charge on any atom is -0.491 e. The van der Waals surface area contributed by atoms with Crippen LogP contribution in [0.4, 0.5) is 0 Å². The summed E-state index contributed by atoms with van der Waals surface area (Å²) in [6.45, 7) is 5.01. The van der Waals surface area contributed by atoms with E-state index >= 15 is 0 Å². The summed E-state index contributed by atoms with van der Waals surface area (Å²) >= 11 is 1.36. The maximum atomic E-state index is 13.4. The van der Waals surface area contributed by atoms with Gasteiger partial charge < -0.3 is 9.47 Å². The molecule has 184 valence electrons. The molecule has 2 unspecified atom stereocenters. The molecule has 7 heteroatoms. The number of rotatable bonds is 10. The van der Waals surface area contributed by atoms with Gasteiger partial charge in [-0.15, -0.1) is 0 Å². The fourth-order valence-electron chi connectivity index (χ4n) is 4.59. The molecule has 0 amide bonds. The van der Waals surface area contributed by atoms with Gasteiger partial charge in [0.25, 0.3) is 0 Å². The molecule has 1 aliphatic carbocycles. The molecule has 0 fully saturated rings. The molecule has 2 heterocycles. The molecule has 2 aromatic heterocycles. The van der Waals surface area contributed by atoms with Crippen molar-refractivity contribution in [1.29, 1.82) is 0 Å². The lowest BCUT2D eigenvalue weighted by Crippen LogP contribution is -2.15. The van der Waals surface area contributed by atoms with Crippen molar-refractivity contribution in [1.82, 2.24) is 9.97 Å². The molecule has 4 aromatic rings. The van der Waals surface area contributed by atoms with Crippen molar-refractivity contribution in [2.75, 3.05) is 6.61 Å². The highest BCUT2D eigenvalue weighted by Gasteiger charge is 2.41. The molecule has 0 saturated heterocycles. The maximum Gasteiger partial charge on any atom is 0.200 e. The predicted octanol–water partition coefficient (Wildman–Crippen LogP) is 7.24. The lowest BCUT2D eigenvalue weighted by Gasteiger charge is -2.17. The number of unbranched alkanes of at least 4 members (excludes halogenated alkanes) is 1. The van der Waals surface area contributed by atoms with Gasteiger partial charge in [-0.3, -0.25) is 9.59 Å². The monoisotopic (exact) mass is 500 g/mol. The van der Waals surface area contributed by atoms with Gasteiger partial charge in [-0.1, -0.05) is 62.6 Å². The van der Waals surface area contributed by atoms with Gasteiger partial charge in [-0.25, -0.2) is 9.97 Å². The highest BCUT2D eigenvalue weighted by atomic mass is 32.1. The quantitative estimate of drug-likeness (QED) is 0.214. The van der Waals surface area contributed by atoms with Crippen molar-refractivity contribution < 1.29 is 19.1 Å². The van der Waals surface area contributed by atoms with Crippen LogP contribution in [0.3, 0.4) is 0 Å². The number of nitrogens with zero attached hydrogens (tertiary/aromatic N) is 2. The first kappa shape index (κ1) is 24.1. The summed E-state index contributed by atoms with van der Waals surface area (Å²) in [5.41, 5.74) is 3.54. The fraction of sp³-hybridized carbons (Fsp3) is 0.310. The third kappa shape index (κ3) is 4.75. The minimum atomic E-state index is -0.968. The number of hydrogen-bond acceptors (Lipinski definition) is 7. The van der Waals surface area contributed by atoms with E-state index in [1.165, 1.54) is 24.2 Å². The zero-order valence-corrected chi connectivity index (χ0v) is 21.2. The Balaban J connectivity index is 1.41. The van der Waals surface area contributed by atoms with E-state index in [9.17, 15) is 9.59 Å². The minimum absolute atomic E-state index is 0.241. The number of carbonyl (C=O) groups excluding carboxylic acids is 2. The van der Waals surface area contributed by atoms with E-state index in [4.69, 9.17) is 14.5 Å². The van der Waals surface area contributed by atoms with Crippen LogP contribution in [0.15, 0.2) is 60.2 Å². The second-order valence-electron chi connectivity index (χ2n) is 9.08. The molecule has 0 aliphatic heterocycles. The molecule has 0 spiro atoms. The molecule has 6 nitrogen and oxygen atoms in total. The third-order valence-electron chi connectivity index (χ3n) is 6.69. The Morgan fingerprint density at radius 1 is 1.03 bits per heavy atom. The molecule has 1 aliphatic rings. The van der Waals surface area contributed by atoms with Crippen molar-refractivity contribution in [2.45, 2.75) is 45.4 Å². The zero-order valence-electron chi connectivity index (χ0n) is 20.4. The van der Waals surface area contributed by atoms with Crippen LogP contribution >= 0.6 is 11.3 Å². The normalized spacial score (nSPS) is 15.8. The Kier molecular flexibility index (Phi) is 7.09. The number of fused-ring (bicyclic) bond motifs is 2. The van der Waals surface area contributed by atoms with E-state index in [0.717, 1.165) is 18.2 Å². The summed E-state index contributed by atoms with van der Waals surface area (Å²) in [6.07, 6.45) is 6.15. The second-order valence-corrected chi connectivity index (χ2v) is 9.93. The van der Waals surface area contributed by atoms with E-state index in [-0.39, 0.29) is 11.6 Å². The third-order valence-corrected chi connectivity index (χ3v) is 7.34. The largest absolute Gasteiger partial charge is 0.491 e. The SMILES string of the molecule is CCCCC(CC)COc1cccc2ccc(C3C(=O)c4ccc(Oc5cncs5)cc4C3=O)nc12. The van der Waals surface area contributed by atoms with Crippen molar-refractivity contribution in [3.8, 4) is 16.6 Å². The standard InChI is InChI=1S/C29H28N2O4S/c1-3-5-7-18(4-2)16-34-24-9-6-8-19-10-13-23(31-27(19)24)26-28(32)21-12-11-20(14-22(21)29(26)33)35-25-15-30-17-36-25/h6,8-15,17-18,26H,3-5,7,16H2,1-2H3. The van der Waals surface area contributed by atoms with E-state index < -0.39 is 5.92 Å². The molecule has 0 N–H and O–H groups in total. The smallest absolute Gasteiger partial charge is 0.200 e. The first-order valence-electron chi connectivity index (χ1n) is 12.4. The number of para-hydroxylation sites is 1. The van der Waals surface area contributed by atoms with Crippen molar-refractivity contribution in [3.05, 3.63) is 77.1 Å². The molecule has 5 rings (SSSR count). The predicted molar refractivity (Wildman–Crippen MR) is 141 cm³/mol. The molecule has 2 atom stereocenters. The van der Waals surface area contributed by atoms with Gasteiger partial charge in [-0.05, 0) is 42.7 Å². The van der Waals surface area contributed by atoms with Crippen LogP contribution in [-0.4, -0.2) is 28.1 Å². The first-order valence-corrected chi connectivity index (χ1v) is 13.3. The Morgan fingerprint density at radius 2 is 1.89 bits per heavy atom. The topological polar surface area (TPSA) is 78.4 Å². The van der Waals surface area contributed by atoms with E-state index in [2.05, 4.69) is 18.8 Å². The average Bonchev–Trinajstić information content (AvgIpc) is 3.50. The maximum absolute atomic E-state index is 13.4. The lowest BCUT2D eigenvalue weighted by atomic mass is 9.98. The Labute approximate surface area is 214 Å². The fourth-order valence-corrected chi connectivity index (χ4v) is 5.08. The average molecular weight is 501 g/mol. The highest BCUT2D eigenvalue weighted by molar-refractivity contribution is 7.11. The van der Waals surface area contributed by atoms with Gasteiger partial charge in [0.1, 0.15) is 22.9 Å². The first-order chi connectivity index (χ1) is 17.6. The number of pyridine rings is 1. The summed E-state index contributed by atoms with van der Waals surface area (Å²) in [7, 11) is 0. The van der Waals surface area contributed by atoms with Crippen LogP contribution < -0.4 is 9.47 Å². The number of Topliss-reactive ketones (excluding diaryl/α,β-unsaturated/α-hetero) is 2. The van der Waals surface area contributed by atoms with Crippen LogP contribution in [0.5, 0.6) is 16.6 Å². The van der Waals surface area contributed by atoms with E-state index in [1.54, 1.807) is 36.0 Å². The molecular formula is C29H28N2O4S. The summed E-state index contributed by atoms with van der Waals surface area (Å²) in [5.74, 6) is 0.188. The van der Waals surface area contributed by atoms with Gasteiger partial charge in [0.15, 0.2) is 11.6 Å². The van der Waals surface area contributed by atoms with E-state index in [1.807, 2.05) is 24.3 Å². The Bertz CT molecular complexity index is 1400. The Hall–Kier alpha value is -3.58. The molecule has 0 radical (unpaired) electrons. The summed E-state index contributed by atoms with van der Waals surface area (Å²) in [6, 6.07) is 14.5. The molecular weight excluding hydrogens is 472 g/mol. The summed E-state index contributed by atoms with van der Waals surface area (Å²) < 4.78 is 12.0. The molecule has 2 aromatic carbocycles. The lowest BCUT2D eigenvalue weighted by molar-refractivity contribution is 0.0888. The molecule has 0 bridgehead atoms. The highest BCUT2D eigenvalue weighted by Crippen LogP contribution is 2.37. The number of ether oxygens (including phenoxy) is 2. The van der Waals surface area contributed by atoms with Gasteiger partial charge in [0, 0.05) is 16.5 Å². The van der Waals surface area contributed by atoms with E-state index in [0.29, 0.717) is 51.4 Å². The van der Waals surface area contributed by atoms with Crippen molar-refractivity contribution in [2.24, 2.45) is 5.92 Å². The summed E-state index contributed by atoms with van der Waals surface area (Å²) in [4.78, 5) is 35.4. The van der Waals surface area contributed by atoms with Gasteiger partial charge in [0.2, 0.25) is 5.06 Å². The van der Waals surface area contributed by atoms with Crippen LogP contribution in [0.1, 0.15) is 71.9 Å². The summed E-state index contributed by atoms with van der Waals surface area (Å²) in [5, 5.41) is 1.53. The number of ketones is 2. The van der Waals surface area contributed by atoms with Crippen LogP contribution in [-0.2, 0) is 0 Å². The number of thiazole rings is 1. The van der Waals surface area contributed by atoms with Crippen molar-refractivity contribution >= 4 is 33.8 Å². The van der Waals surface area contributed by atoms with Gasteiger partial charge in [0.05, 0.1) is 24.0 Å². The van der Waals surface area contributed by atoms with Crippen LogP contribution in [0, 0.1) is 5.92 Å². The second kappa shape index (κ2) is 10.6. The number of hydrogen-bond donors (Lipinski definition) is 0. The Morgan fingerprint density at radius 3 is 2.67 bits per heavy atom. The molecule has 0 saturated carbocycles. The number of aromatic nitrogens is 2. The number of benzene rings is 2.